The van der Waals surface area contributed by atoms with Gasteiger partial charge in [0.2, 0.25) is 0 Å². The number of hydrogen-bond donors (Lipinski definition) is 1. The Balaban J connectivity index is 2.04. The van der Waals surface area contributed by atoms with Gasteiger partial charge in [0, 0.05) is 13.1 Å². The van der Waals surface area contributed by atoms with E-state index in [1.54, 1.807) is 13.0 Å². The normalized spacial score (nSPS) is 16.6. The molecule has 21 heavy (non-hydrogen) atoms. The van der Waals surface area contributed by atoms with Crippen LogP contribution in [0, 0.1) is 5.82 Å². The molecular formula is C16H23FN2O2. The summed E-state index contributed by atoms with van der Waals surface area (Å²) in [4.78, 5) is 14.2. The van der Waals surface area contributed by atoms with Crippen LogP contribution in [0.3, 0.4) is 0 Å². The summed E-state index contributed by atoms with van der Waals surface area (Å²) in [6.45, 7) is 3.75. The maximum Gasteiger partial charge on any atom is 0.263 e. The standard InChI is InChI=1S/C16H23FN2O2/c1-12(16(20)19-9-3-2-4-10-19)21-15-6-5-14(17)11-13(15)7-8-18/h5-6,11-12H,2-4,7-10,18H2,1H3. The maximum atomic E-state index is 13.3. The minimum atomic E-state index is -0.565. The van der Waals surface area contributed by atoms with Crippen LogP contribution in [0.2, 0.25) is 0 Å². The minimum Gasteiger partial charge on any atom is -0.481 e. The van der Waals surface area contributed by atoms with E-state index < -0.39 is 6.10 Å². The lowest BCUT2D eigenvalue weighted by Crippen LogP contribution is -2.43. The number of benzene rings is 1. The van der Waals surface area contributed by atoms with Crippen LogP contribution in [-0.4, -0.2) is 36.5 Å². The van der Waals surface area contributed by atoms with Gasteiger partial charge in [-0.15, -0.1) is 0 Å². The fourth-order valence-corrected chi connectivity index (χ4v) is 2.63. The molecule has 116 valence electrons. The van der Waals surface area contributed by atoms with Crippen molar-refractivity contribution in [2.75, 3.05) is 19.6 Å². The Labute approximate surface area is 125 Å². The van der Waals surface area contributed by atoms with Crippen molar-refractivity contribution in [3.8, 4) is 5.75 Å². The molecule has 2 rings (SSSR count). The van der Waals surface area contributed by atoms with Gasteiger partial charge in [-0.05, 0) is 62.9 Å². The highest BCUT2D eigenvalue weighted by molar-refractivity contribution is 5.81. The second kappa shape index (κ2) is 7.41. The Bertz CT molecular complexity index is 487. The average molecular weight is 294 g/mol. The third kappa shape index (κ3) is 4.17. The van der Waals surface area contributed by atoms with Crippen molar-refractivity contribution in [3.63, 3.8) is 0 Å². The van der Waals surface area contributed by atoms with Gasteiger partial charge >= 0.3 is 0 Å². The number of carbonyl (C=O) groups is 1. The molecule has 1 heterocycles. The fourth-order valence-electron chi connectivity index (χ4n) is 2.63. The van der Waals surface area contributed by atoms with Gasteiger partial charge in [-0.1, -0.05) is 0 Å². The van der Waals surface area contributed by atoms with E-state index in [-0.39, 0.29) is 11.7 Å². The lowest BCUT2D eigenvalue weighted by atomic mass is 10.1. The number of halogens is 1. The van der Waals surface area contributed by atoms with E-state index in [0.29, 0.717) is 24.3 Å². The predicted octanol–water partition coefficient (Wildman–Crippen LogP) is 2.11. The number of amides is 1. The molecule has 0 aromatic heterocycles. The first-order valence-corrected chi connectivity index (χ1v) is 7.55. The highest BCUT2D eigenvalue weighted by Gasteiger charge is 2.24. The summed E-state index contributed by atoms with van der Waals surface area (Å²) in [7, 11) is 0. The van der Waals surface area contributed by atoms with Crippen molar-refractivity contribution in [1.29, 1.82) is 0 Å². The van der Waals surface area contributed by atoms with Gasteiger partial charge in [0.05, 0.1) is 0 Å². The summed E-state index contributed by atoms with van der Waals surface area (Å²) in [5, 5.41) is 0. The lowest BCUT2D eigenvalue weighted by molar-refractivity contribution is -0.138. The van der Waals surface area contributed by atoms with E-state index in [9.17, 15) is 9.18 Å². The molecule has 1 aromatic rings. The second-order valence-corrected chi connectivity index (χ2v) is 5.44. The number of likely N-dealkylation sites (tertiary alicyclic amines) is 1. The van der Waals surface area contributed by atoms with Gasteiger partial charge in [0.15, 0.2) is 6.10 Å². The Morgan fingerprint density at radius 3 is 2.76 bits per heavy atom. The van der Waals surface area contributed by atoms with Crippen LogP contribution < -0.4 is 10.5 Å². The van der Waals surface area contributed by atoms with Gasteiger partial charge in [0.25, 0.3) is 5.91 Å². The molecule has 1 fully saturated rings. The van der Waals surface area contributed by atoms with Crippen molar-refractivity contribution in [2.24, 2.45) is 5.73 Å². The fraction of sp³-hybridized carbons (Fsp3) is 0.562. The summed E-state index contributed by atoms with van der Waals surface area (Å²) < 4.78 is 19.0. The highest BCUT2D eigenvalue weighted by atomic mass is 19.1. The molecule has 2 N–H and O–H groups in total. The molecule has 0 saturated carbocycles. The van der Waals surface area contributed by atoms with E-state index in [1.807, 2.05) is 4.90 Å². The second-order valence-electron chi connectivity index (χ2n) is 5.44. The summed E-state index contributed by atoms with van der Waals surface area (Å²) in [5.74, 6) is 0.221. The third-order valence-corrected chi connectivity index (χ3v) is 3.76. The zero-order valence-electron chi connectivity index (χ0n) is 12.5. The molecule has 1 aliphatic heterocycles. The van der Waals surface area contributed by atoms with Gasteiger partial charge < -0.3 is 15.4 Å². The number of nitrogens with zero attached hydrogens (tertiary/aromatic N) is 1. The van der Waals surface area contributed by atoms with Gasteiger partial charge in [0.1, 0.15) is 11.6 Å². The quantitative estimate of drug-likeness (QED) is 0.905. The van der Waals surface area contributed by atoms with Gasteiger partial charge in [-0.3, -0.25) is 4.79 Å². The predicted molar refractivity (Wildman–Crippen MR) is 79.7 cm³/mol. The Kier molecular flexibility index (Phi) is 5.56. The molecule has 0 bridgehead atoms. The van der Waals surface area contributed by atoms with Crippen molar-refractivity contribution in [1.82, 2.24) is 4.90 Å². The highest BCUT2D eigenvalue weighted by Crippen LogP contribution is 2.22. The van der Waals surface area contributed by atoms with Crippen LogP contribution >= 0.6 is 0 Å². The van der Waals surface area contributed by atoms with Crippen molar-refractivity contribution in [2.45, 2.75) is 38.7 Å². The number of hydrogen-bond acceptors (Lipinski definition) is 3. The molecule has 5 heteroatoms. The molecule has 0 aliphatic carbocycles. The summed E-state index contributed by atoms with van der Waals surface area (Å²) in [5.41, 5.74) is 6.24. The number of piperidine rings is 1. The minimum absolute atomic E-state index is 0.00211. The summed E-state index contributed by atoms with van der Waals surface area (Å²) in [6.07, 6.45) is 3.24. The molecule has 1 aromatic carbocycles. The van der Waals surface area contributed by atoms with Gasteiger partial charge in [-0.25, -0.2) is 4.39 Å². The number of ether oxygens (including phenoxy) is 1. The average Bonchev–Trinajstić information content (AvgIpc) is 2.50. The molecule has 1 aliphatic rings. The molecule has 1 atom stereocenters. The molecule has 1 unspecified atom stereocenters. The first kappa shape index (κ1) is 15.8. The van der Waals surface area contributed by atoms with Gasteiger partial charge in [-0.2, -0.15) is 0 Å². The SMILES string of the molecule is CC(Oc1ccc(F)cc1CCN)C(=O)N1CCCCC1. The van der Waals surface area contributed by atoms with Crippen LogP contribution in [-0.2, 0) is 11.2 Å². The first-order valence-electron chi connectivity index (χ1n) is 7.55. The lowest BCUT2D eigenvalue weighted by Gasteiger charge is -2.29. The molecular weight excluding hydrogens is 271 g/mol. The summed E-state index contributed by atoms with van der Waals surface area (Å²) >= 11 is 0. The number of carbonyl (C=O) groups excluding carboxylic acids is 1. The molecule has 1 saturated heterocycles. The van der Waals surface area contributed by atoms with E-state index in [0.717, 1.165) is 25.9 Å². The van der Waals surface area contributed by atoms with Crippen LogP contribution in [0.5, 0.6) is 5.75 Å². The zero-order chi connectivity index (χ0) is 15.2. The van der Waals surface area contributed by atoms with E-state index in [4.69, 9.17) is 10.5 Å². The Hall–Kier alpha value is -1.62. The van der Waals surface area contributed by atoms with Crippen molar-refractivity contribution in [3.05, 3.63) is 29.6 Å². The largest absolute Gasteiger partial charge is 0.481 e. The van der Waals surface area contributed by atoms with Crippen LogP contribution in [0.15, 0.2) is 18.2 Å². The topological polar surface area (TPSA) is 55.6 Å². The van der Waals surface area contributed by atoms with E-state index >= 15 is 0 Å². The third-order valence-electron chi connectivity index (χ3n) is 3.76. The van der Waals surface area contributed by atoms with Crippen molar-refractivity contribution >= 4 is 5.91 Å². The van der Waals surface area contributed by atoms with E-state index in [1.165, 1.54) is 18.6 Å². The number of rotatable bonds is 5. The monoisotopic (exact) mass is 294 g/mol. The first-order chi connectivity index (χ1) is 10.1. The number of nitrogens with two attached hydrogens (primary N) is 1. The Morgan fingerprint density at radius 2 is 2.10 bits per heavy atom. The maximum absolute atomic E-state index is 13.3. The van der Waals surface area contributed by atoms with Crippen LogP contribution in [0.1, 0.15) is 31.7 Å². The molecule has 4 nitrogen and oxygen atoms in total. The smallest absolute Gasteiger partial charge is 0.263 e. The molecule has 1 amide bonds. The molecule has 0 radical (unpaired) electrons. The Morgan fingerprint density at radius 1 is 1.38 bits per heavy atom. The van der Waals surface area contributed by atoms with Crippen LogP contribution in [0.25, 0.3) is 0 Å². The zero-order valence-corrected chi connectivity index (χ0v) is 12.5. The van der Waals surface area contributed by atoms with Crippen molar-refractivity contribution < 1.29 is 13.9 Å². The van der Waals surface area contributed by atoms with Crippen LogP contribution in [0.4, 0.5) is 4.39 Å². The van der Waals surface area contributed by atoms with E-state index in [2.05, 4.69) is 0 Å². The summed E-state index contributed by atoms with van der Waals surface area (Å²) in [6, 6.07) is 4.33. The molecule has 0 spiro atoms.